The SMILES string of the molecule is C/C=C\C(C/C=C/F)CNC(=O)c1cc(=O)n2c(n1)C1(NC=O)CCC(OC1)C2CC.CC(=O)N(C)C. The molecule has 1 fully saturated rings. The topological polar surface area (TPSA) is 123 Å². The average molecular weight is 520 g/mol. The van der Waals surface area contributed by atoms with Crippen LogP contribution < -0.4 is 16.2 Å². The summed E-state index contributed by atoms with van der Waals surface area (Å²) < 4.78 is 19.9. The fraction of sp³-hybridized carbons (Fsp3) is 0.577. The summed E-state index contributed by atoms with van der Waals surface area (Å²) >= 11 is 0. The van der Waals surface area contributed by atoms with Crippen molar-refractivity contribution in [3.63, 3.8) is 0 Å². The molecule has 4 rings (SSSR count). The molecule has 10 nitrogen and oxygen atoms in total. The zero-order chi connectivity index (χ0) is 27.6. The number of nitrogens with one attached hydrogen (secondary N) is 2. The summed E-state index contributed by atoms with van der Waals surface area (Å²) in [5.74, 6) is -0.128. The van der Waals surface area contributed by atoms with Crippen molar-refractivity contribution < 1.29 is 23.5 Å². The van der Waals surface area contributed by atoms with Crippen molar-refractivity contribution in [1.29, 1.82) is 0 Å². The van der Waals surface area contributed by atoms with E-state index < -0.39 is 11.4 Å². The molecule has 0 aliphatic carbocycles. The summed E-state index contributed by atoms with van der Waals surface area (Å²) in [6.07, 6.45) is 8.38. The Hall–Kier alpha value is -3.34. The van der Waals surface area contributed by atoms with E-state index >= 15 is 0 Å². The normalized spacial score (nSPS) is 23.0. The van der Waals surface area contributed by atoms with Gasteiger partial charge in [-0.15, -0.1) is 0 Å². The van der Waals surface area contributed by atoms with Gasteiger partial charge in [-0.05, 0) is 38.5 Å². The van der Waals surface area contributed by atoms with Crippen LogP contribution in [0.1, 0.15) is 68.8 Å². The van der Waals surface area contributed by atoms with Crippen LogP contribution in [-0.4, -0.2) is 66.0 Å². The lowest BCUT2D eigenvalue weighted by atomic mass is 9.89. The average Bonchev–Trinajstić information content (AvgIpc) is 3.09. The van der Waals surface area contributed by atoms with Gasteiger partial charge < -0.3 is 20.3 Å². The second-order valence-corrected chi connectivity index (χ2v) is 9.39. The first-order valence-corrected chi connectivity index (χ1v) is 12.4. The number of hydrogen-bond donors (Lipinski definition) is 2. The number of amides is 3. The molecule has 3 aliphatic rings. The highest BCUT2D eigenvalue weighted by Crippen LogP contribution is 2.40. The minimum Gasteiger partial charge on any atom is -0.373 e. The third-order valence-corrected chi connectivity index (χ3v) is 6.67. The Bertz CT molecular complexity index is 1060. The van der Waals surface area contributed by atoms with E-state index in [1.54, 1.807) is 18.7 Å². The third kappa shape index (κ3) is 7.34. The number of ether oxygens (including phenoxy) is 1. The molecule has 37 heavy (non-hydrogen) atoms. The maximum atomic E-state index is 13.1. The Balaban J connectivity index is 0.000000717. The summed E-state index contributed by atoms with van der Waals surface area (Å²) in [7, 11) is 3.45. The van der Waals surface area contributed by atoms with E-state index in [2.05, 4.69) is 15.6 Å². The minimum absolute atomic E-state index is 0.0104. The van der Waals surface area contributed by atoms with E-state index in [0.717, 1.165) is 0 Å². The van der Waals surface area contributed by atoms with Gasteiger partial charge in [0, 0.05) is 33.6 Å². The molecule has 11 heteroatoms. The van der Waals surface area contributed by atoms with Crippen LogP contribution in [0.4, 0.5) is 4.39 Å². The summed E-state index contributed by atoms with van der Waals surface area (Å²) in [5.41, 5.74) is -1.30. The molecule has 3 aliphatic heterocycles. The van der Waals surface area contributed by atoms with Gasteiger partial charge in [-0.25, -0.2) is 9.37 Å². The molecule has 2 bridgehead atoms. The van der Waals surface area contributed by atoms with E-state index in [1.165, 1.54) is 24.0 Å². The number of allylic oxidation sites excluding steroid dienone is 2. The third-order valence-electron chi connectivity index (χ3n) is 6.67. The summed E-state index contributed by atoms with van der Waals surface area (Å²) in [6.45, 7) is 5.82. The highest BCUT2D eigenvalue weighted by molar-refractivity contribution is 5.92. The minimum atomic E-state index is -0.947. The first kappa shape index (κ1) is 29.9. The summed E-state index contributed by atoms with van der Waals surface area (Å²) in [5, 5.41) is 5.58. The Morgan fingerprint density at radius 3 is 2.62 bits per heavy atom. The van der Waals surface area contributed by atoms with Gasteiger partial charge in [0.25, 0.3) is 11.5 Å². The molecule has 0 spiro atoms. The predicted molar refractivity (Wildman–Crippen MR) is 138 cm³/mol. The summed E-state index contributed by atoms with van der Waals surface area (Å²) in [4.78, 5) is 53.4. The Kier molecular flexibility index (Phi) is 11.2. The van der Waals surface area contributed by atoms with Gasteiger partial charge in [-0.1, -0.05) is 25.2 Å². The van der Waals surface area contributed by atoms with E-state index in [4.69, 9.17) is 4.74 Å². The number of carbonyl (C=O) groups is 3. The molecule has 204 valence electrons. The van der Waals surface area contributed by atoms with Crippen molar-refractivity contribution >= 4 is 18.2 Å². The van der Waals surface area contributed by atoms with E-state index in [1.807, 2.05) is 26.0 Å². The maximum absolute atomic E-state index is 13.1. The second kappa shape index (κ2) is 13.8. The standard InChI is InChI=1S/C22H29FN4O4.C4H9NO/c1-3-6-15(7-5-10-23)12-24-20(30)16-11-19(29)27-17(4-2)18-8-9-22(13-31-18,25-14-28)21(27)26-16;1-4(6)5(2)3/h3,5-6,10-11,14-15,17-18H,4,7-9,12-13H2,1-2H3,(H,24,30)(H,25,28);1-3H3/b6-3-,10-5+;. The van der Waals surface area contributed by atoms with Crippen molar-refractivity contribution in [3.8, 4) is 0 Å². The maximum Gasteiger partial charge on any atom is 0.270 e. The summed E-state index contributed by atoms with van der Waals surface area (Å²) in [6, 6.07) is 1.02. The van der Waals surface area contributed by atoms with Crippen molar-refractivity contribution in [2.24, 2.45) is 5.92 Å². The molecule has 2 N–H and O–H groups in total. The van der Waals surface area contributed by atoms with Gasteiger partial charge in [0.1, 0.15) is 17.1 Å². The molecule has 0 radical (unpaired) electrons. The van der Waals surface area contributed by atoms with Crippen LogP contribution in [-0.2, 0) is 19.9 Å². The largest absolute Gasteiger partial charge is 0.373 e. The molecule has 4 atom stereocenters. The number of hydrogen-bond acceptors (Lipinski definition) is 6. The Morgan fingerprint density at radius 1 is 1.41 bits per heavy atom. The molecule has 0 saturated carbocycles. The Morgan fingerprint density at radius 2 is 2.11 bits per heavy atom. The number of carbonyl (C=O) groups excluding carboxylic acids is 3. The first-order chi connectivity index (χ1) is 17.6. The van der Waals surface area contributed by atoms with Gasteiger partial charge in [-0.3, -0.25) is 23.7 Å². The lowest BCUT2D eigenvalue weighted by molar-refractivity contribution is -0.126. The molecular weight excluding hydrogens is 481 g/mol. The fourth-order valence-corrected chi connectivity index (χ4v) is 4.48. The smallest absolute Gasteiger partial charge is 0.270 e. The van der Waals surface area contributed by atoms with Crippen LogP contribution >= 0.6 is 0 Å². The number of aromatic nitrogens is 2. The van der Waals surface area contributed by atoms with Crippen LogP contribution in [0.15, 0.2) is 35.4 Å². The Labute approximate surface area is 217 Å². The molecular formula is C26H38FN5O5. The van der Waals surface area contributed by atoms with Crippen LogP contribution in [0, 0.1) is 5.92 Å². The molecule has 3 amide bonds. The number of halogens is 1. The predicted octanol–water partition coefficient (Wildman–Crippen LogP) is 2.22. The van der Waals surface area contributed by atoms with Crippen molar-refractivity contribution in [2.75, 3.05) is 27.2 Å². The molecule has 4 unspecified atom stereocenters. The molecule has 1 saturated heterocycles. The lowest BCUT2D eigenvalue weighted by Gasteiger charge is -2.35. The second-order valence-electron chi connectivity index (χ2n) is 9.39. The molecule has 4 heterocycles. The van der Waals surface area contributed by atoms with E-state index in [-0.39, 0.29) is 48.4 Å². The van der Waals surface area contributed by atoms with Gasteiger partial charge in [0.2, 0.25) is 12.3 Å². The van der Waals surface area contributed by atoms with Gasteiger partial charge >= 0.3 is 0 Å². The lowest BCUT2D eigenvalue weighted by Crippen LogP contribution is -2.50. The number of nitrogens with zero attached hydrogens (tertiary/aromatic N) is 3. The van der Waals surface area contributed by atoms with Crippen LogP contribution in [0.5, 0.6) is 0 Å². The van der Waals surface area contributed by atoms with Crippen molar-refractivity contribution in [1.82, 2.24) is 25.1 Å². The van der Waals surface area contributed by atoms with Crippen molar-refractivity contribution in [2.45, 2.75) is 64.1 Å². The van der Waals surface area contributed by atoms with E-state index in [9.17, 15) is 23.6 Å². The van der Waals surface area contributed by atoms with Gasteiger partial charge in [0.05, 0.1) is 25.1 Å². The van der Waals surface area contributed by atoms with Crippen molar-refractivity contribution in [3.05, 3.63) is 52.5 Å². The highest BCUT2D eigenvalue weighted by Gasteiger charge is 2.48. The van der Waals surface area contributed by atoms with Crippen LogP contribution in [0.2, 0.25) is 0 Å². The molecule has 1 aromatic heterocycles. The molecule has 1 aromatic rings. The van der Waals surface area contributed by atoms with Gasteiger partial charge in [0.15, 0.2) is 0 Å². The number of rotatable bonds is 9. The highest BCUT2D eigenvalue weighted by atomic mass is 19.1. The zero-order valence-corrected chi connectivity index (χ0v) is 22.2. The number of fused-ring (bicyclic) bond motifs is 2. The van der Waals surface area contributed by atoms with Gasteiger partial charge in [-0.2, -0.15) is 0 Å². The van der Waals surface area contributed by atoms with Crippen LogP contribution in [0.3, 0.4) is 0 Å². The van der Waals surface area contributed by atoms with E-state index in [0.29, 0.717) is 44.2 Å². The fourth-order valence-electron chi connectivity index (χ4n) is 4.48. The van der Waals surface area contributed by atoms with Crippen LogP contribution in [0.25, 0.3) is 0 Å². The first-order valence-electron chi connectivity index (χ1n) is 12.4. The molecule has 0 aromatic carbocycles. The zero-order valence-electron chi connectivity index (χ0n) is 22.2. The monoisotopic (exact) mass is 519 g/mol. The quantitative estimate of drug-likeness (QED) is 0.381.